The van der Waals surface area contributed by atoms with Crippen LogP contribution in [0.2, 0.25) is 0 Å². The fraction of sp³-hybridized carbons (Fsp3) is 0. The number of anilines is 1. The quantitative estimate of drug-likeness (QED) is 0.875. The van der Waals surface area contributed by atoms with Crippen LogP contribution < -0.4 is 5.32 Å². The van der Waals surface area contributed by atoms with Crippen molar-refractivity contribution < 1.29 is 23.5 Å². The van der Waals surface area contributed by atoms with Crippen molar-refractivity contribution in [2.24, 2.45) is 0 Å². The number of hydrogen-bond acceptors (Lipinski definition) is 3. The molecule has 0 unspecified atom stereocenters. The summed E-state index contributed by atoms with van der Waals surface area (Å²) >= 11 is 0. The van der Waals surface area contributed by atoms with E-state index in [1.54, 1.807) is 0 Å². The van der Waals surface area contributed by atoms with Crippen molar-refractivity contribution in [1.82, 2.24) is 0 Å². The third kappa shape index (κ3) is 2.37. The normalized spacial score (nSPS) is 10.1. The maximum Gasteiger partial charge on any atom is 0.339 e. The molecule has 2 aromatic rings. The van der Waals surface area contributed by atoms with Gasteiger partial charge in [0.05, 0.1) is 6.26 Å². The molecule has 1 aromatic carbocycles. The minimum atomic E-state index is -1.26. The van der Waals surface area contributed by atoms with Gasteiger partial charge in [0, 0.05) is 5.69 Å². The fourth-order valence-corrected chi connectivity index (χ4v) is 1.37. The lowest BCUT2D eigenvalue weighted by atomic mass is 10.2. The van der Waals surface area contributed by atoms with Gasteiger partial charge in [0.1, 0.15) is 11.4 Å². The minimum absolute atomic E-state index is 0.227. The summed E-state index contributed by atoms with van der Waals surface area (Å²) < 4.78 is 17.5. The van der Waals surface area contributed by atoms with E-state index < -0.39 is 17.7 Å². The molecule has 1 heterocycles. The number of halogens is 1. The summed E-state index contributed by atoms with van der Waals surface area (Å²) in [6.07, 6.45) is 1.11. The van der Waals surface area contributed by atoms with Gasteiger partial charge in [-0.1, -0.05) is 0 Å². The van der Waals surface area contributed by atoms with Crippen LogP contribution in [-0.2, 0) is 0 Å². The van der Waals surface area contributed by atoms with Crippen LogP contribution in [0.3, 0.4) is 0 Å². The zero-order valence-electron chi connectivity index (χ0n) is 9.01. The van der Waals surface area contributed by atoms with Gasteiger partial charge in [-0.25, -0.2) is 9.18 Å². The van der Waals surface area contributed by atoms with Gasteiger partial charge in [0.15, 0.2) is 0 Å². The Hall–Kier alpha value is -2.63. The molecule has 2 N–H and O–H groups in total. The summed E-state index contributed by atoms with van der Waals surface area (Å²) in [6, 6.07) is 6.25. The van der Waals surface area contributed by atoms with Gasteiger partial charge >= 0.3 is 5.97 Å². The number of rotatable bonds is 3. The van der Waals surface area contributed by atoms with Crippen LogP contribution in [0.5, 0.6) is 0 Å². The Morgan fingerprint density at radius 3 is 2.44 bits per heavy atom. The third-order valence-corrected chi connectivity index (χ3v) is 2.20. The number of carbonyl (C=O) groups is 2. The number of carboxylic acids is 1. The predicted octanol–water partition coefficient (Wildman–Crippen LogP) is 2.37. The topological polar surface area (TPSA) is 79.5 Å². The van der Waals surface area contributed by atoms with E-state index in [-0.39, 0.29) is 11.3 Å². The van der Waals surface area contributed by atoms with Crippen molar-refractivity contribution in [1.29, 1.82) is 0 Å². The first-order valence-electron chi connectivity index (χ1n) is 4.95. The second kappa shape index (κ2) is 4.70. The number of nitrogens with one attached hydrogen (secondary N) is 1. The van der Waals surface area contributed by atoms with E-state index in [0.717, 1.165) is 6.26 Å². The van der Waals surface area contributed by atoms with Crippen LogP contribution in [0.4, 0.5) is 10.1 Å². The zero-order chi connectivity index (χ0) is 13.1. The van der Waals surface area contributed by atoms with E-state index in [1.807, 2.05) is 0 Å². The molecule has 5 nitrogen and oxygen atoms in total. The van der Waals surface area contributed by atoms with Gasteiger partial charge in [-0.15, -0.1) is 0 Å². The molecule has 0 fully saturated rings. The summed E-state index contributed by atoms with van der Waals surface area (Å²) in [7, 11) is 0. The van der Waals surface area contributed by atoms with Crippen LogP contribution in [0.1, 0.15) is 20.9 Å². The van der Waals surface area contributed by atoms with E-state index in [1.165, 1.54) is 30.3 Å². The van der Waals surface area contributed by atoms with Gasteiger partial charge in [-0.2, -0.15) is 0 Å². The average Bonchev–Trinajstić information content (AvgIpc) is 2.81. The van der Waals surface area contributed by atoms with E-state index in [9.17, 15) is 14.0 Å². The van der Waals surface area contributed by atoms with E-state index in [0.29, 0.717) is 5.69 Å². The average molecular weight is 249 g/mol. The van der Waals surface area contributed by atoms with Crippen molar-refractivity contribution in [3.8, 4) is 0 Å². The fourth-order valence-electron chi connectivity index (χ4n) is 1.37. The molecule has 2 rings (SSSR count). The summed E-state index contributed by atoms with van der Waals surface area (Å²) in [6.45, 7) is 0. The molecule has 0 bridgehead atoms. The first-order valence-corrected chi connectivity index (χ1v) is 4.95. The predicted molar refractivity (Wildman–Crippen MR) is 60.0 cm³/mol. The van der Waals surface area contributed by atoms with Crippen molar-refractivity contribution in [2.45, 2.75) is 0 Å². The number of carbonyl (C=O) groups excluding carboxylic acids is 1. The second-order valence-corrected chi connectivity index (χ2v) is 3.43. The Labute approximate surface area is 101 Å². The molecule has 1 aromatic heterocycles. The molecule has 0 saturated carbocycles. The van der Waals surface area contributed by atoms with Gasteiger partial charge < -0.3 is 14.8 Å². The van der Waals surface area contributed by atoms with Gasteiger partial charge in [0.2, 0.25) is 5.76 Å². The lowest BCUT2D eigenvalue weighted by molar-refractivity contribution is 0.0690. The highest BCUT2D eigenvalue weighted by Crippen LogP contribution is 2.14. The van der Waals surface area contributed by atoms with Crippen LogP contribution in [0, 0.1) is 5.82 Å². The molecular weight excluding hydrogens is 241 g/mol. The van der Waals surface area contributed by atoms with Gasteiger partial charge in [-0.3, -0.25) is 4.79 Å². The summed E-state index contributed by atoms with van der Waals surface area (Å²) in [4.78, 5) is 22.5. The second-order valence-electron chi connectivity index (χ2n) is 3.43. The Bertz CT molecular complexity index is 588. The first kappa shape index (κ1) is 11.8. The smallest absolute Gasteiger partial charge is 0.339 e. The number of amides is 1. The highest BCUT2D eigenvalue weighted by atomic mass is 19.1. The molecule has 0 atom stereocenters. The van der Waals surface area contributed by atoms with E-state index in [4.69, 9.17) is 9.52 Å². The summed E-state index contributed by atoms with van der Waals surface area (Å²) in [5, 5.41) is 11.2. The van der Waals surface area contributed by atoms with Crippen LogP contribution in [0.15, 0.2) is 41.0 Å². The molecule has 1 amide bonds. The van der Waals surface area contributed by atoms with Gasteiger partial charge in [-0.05, 0) is 30.3 Å². The van der Waals surface area contributed by atoms with Crippen LogP contribution in [-0.4, -0.2) is 17.0 Å². The molecule has 6 heteroatoms. The Morgan fingerprint density at radius 2 is 1.83 bits per heavy atom. The zero-order valence-corrected chi connectivity index (χ0v) is 9.01. The lowest BCUT2D eigenvalue weighted by Crippen LogP contribution is -2.14. The van der Waals surface area contributed by atoms with Crippen molar-refractivity contribution >= 4 is 17.6 Å². The maximum atomic E-state index is 12.7. The van der Waals surface area contributed by atoms with Crippen LogP contribution >= 0.6 is 0 Å². The number of benzene rings is 1. The number of aromatic carboxylic acids is 1. The molecule has 0 spiro atoms. The number of furan rings is 1. The van der Waals surface area contributed by atoms with Crippen LogP contribution in [0.25, 0.3) is 0 Å². The molecule has 0 aliphatic heterocycles. The largest absolute Gasteiger partial charge is 0.478 e. The third-order valence-electron chi connectivity index (χ3n) is 2.20. The molecule has 0 radical (unpaired) electrons. The lowest BCUT2D eigenvalue weighted by Gasteiger charge is -2.03. The van der Waals surface area contributed by atoms with E-state index in [2.05, 4.69) is 5.32 Å². The molecule has 0 saturated heterocycles. The maximum absolute atomic E-state index is 12.7. The standard InChI is InChI=1S/C12H8FNO4/c13-7-1-3-8(4-2-7)14-11(15)10-9(12(16)17)5-6-18-10/h1-6H,(H,14,15)(H,16,17). The van der Waals surface area contributed by atoms with Crippen molar-refractivity contribution in [3.63, 3.8) is 0 Å². The minimum Gasteiger partial charge on any atom is -0.478 e. The SMILES string of the molecule is O=C(O)c1ccoc1C(=O)Nc1ccc(F)cc1. The Balaban J connectivity index is 2.19. The van der Waals surface area contributed by atoms with Crippen molar-refractivity contribution in [2.75, 3.05) is 5.32 Å². The molecule has 92 valence electrons. The van der Waals surface area contributed by atoms with E-state index >= 15 is 0 Å². The highest BCUT2D eigenvalue weighted by molar-refractivity contribution is 6.08. The van der Waals surface area contributed by atoms with Crippen molar-refractivity contribution in [3.05, 3.63) is 53.7 Å². The molecular formula is C12H8FNO4. The monoisotopic (exact) mass is 249 g/mol. The van der Waals surface area contributed by atoms with Gasteiger partial charge in [0.25, 0.3) is 5.91 Å². The molecule has 0 aliphatic rings. The first-order chi connectivity index (χ1) is 8.58. The highest BCUT2D eigenvalue weighted by Gasteiger charge is 2.20. The Morgan fingerprint density at radius 1 is 1.17 bits per heavy atom. The number of carboxylic acid groups (broad SMARTS) is 1. The summed E-state index contributed by atoms with van der Waals surface area (Å²) in [5.74, 6) is -2.69. The molecule has 18 heavy (non-hydrogen) atoms. The number of hydrogen-bond donors (Lipinski definition) is 2. The molecule has 0 aliphatic carbocycles. The Kier molecular flexibility index (Phi) is 3.09. The summed E-state index contributed by atoms with van der Waals surface area (Å²) in [5.41, 5.74) is 0.115.